The normalized spacial score (nSPS) is 13.0. The first kappa shape index (κ1) is 10.6. The Morgan fingerprint density at radius 3 is 2.15 bits per heavy atom. The van der Waals surface area contributed by atoms with Crippen LogP contribution in [0.4, 0.5) is 0 Å². The molecule has 0 saturated carbocycles. The van der Waals surface area contributed by atoms with Crippen LogP contribution < -0.4 is 0 Å². The lowest BCUT2D eigenvalue weighted by Gasteiger charge is -2.15. The van der Waals surface area contributed by atoms with Gasteiger partial charge in [-0.2, -0.15) is 0 Å². The molecule has 0 amide bonds. The van der Waals surface area contributed by atoms with Crippen molar-refractivity contribution < 1.29 is 5.11 Å². The molecule has 0 aliphatic heterocycles. The van der Waals surface area contributed by atoms with E-state index in [2.05, 4.69) is 0 Å². The lowest BCUT2D eigenvalue weighted by molar-refractivity contribution is 0.172. The molecule has 0 heterocycles. The van der Waals surface area contributed by atoms with Crippen LogP contribution in [0.15, 0.2) is 12.1 Å². The maximum absolute atomic E-state index is 9.74. The van der Waals surface area contributed by atoms with Gasteiger partial charge in [0.15, 0.2) is 0 Å². The minimum absolute atomic E-state index is 0.364. The highest BCUT2D eigenvalue weighted by atomic mass is 35.5. The standard InChI is InChI=1S/C11H15ClO/c1-4-10(13)11-7(2)5-9(12)6-8(11)3/h5-6,10,13H,4H2,1-3H3. The molecule has 0 spiro atoms. The fraction of sp³-hybridized carbons (Fsp3) is 0.455. The average Bonchev–Trinajstić information content (AvgIpc) is 2.02. The Bertz CT molecular complexity index is 284. The lowest BCUT2D eigenvalue weighted by Crippen LogP contribution is -2.01. The van der Waals surface area contributed by atoms with Gasteiger partial charge < -0.3 is 5.11 Å². The first-order valence-electron chi connectivity index (χ1n) is 4.51. The molecule has 1 aromatic carbocycles. The third-order valence-corrected chi connectivity index (χ3v) is 2.50. The largest absolute Gasteiger partial charge is 0.388 e. The van der Waals surface area contributed by atoms with Crippen molar-refractivity contribution in [3.05, 3.63) is 33.8 Å². The molecule has 72 valence electrons. The second-order valence-corrected chi connectivity index (χ2v) is 3.81. The zero-order chi connectivity index (χ0) is 10.0. The summed E-state index contributed by atoms with van der Waals surface area (Å²) in [4.78, 5) is 0. The summed E-state index contributed by atoms with van der Waals surface area (Å²) in [6.07, 6.45) is 0.376. The van der Waals surface area contributed by atoms with Crippen molar-refractivity contribution in [2.24, 2.45) is 0 Å². The monoisotopic (exact) mass is 198 g/mol. The maximum Gasteiger partial charge on any atom is 0.0792 e. The molecule has 1 rings (SSSR count). The molecule has 0 bridgehead atoms. The second kappa shape index (κ2) is 4.12. The van der Waals surface area contributed by atoms with Crippen LogP contribution in [0.1, 0.15) is 36.1 Å². The number of aliphatic hydroxyl groups excluding tert-OH is 1. The van der Waals surface area contributed by atoms with Gasteiger partial charge in [-0.05, 0) is 49.1 Å². The molecule has 1 aromatic rings. The fourth-order valence-corrected chi connectivity index (χ4v) is 1.98. The highest BCUT2D eigenvalue weighted by Crippen LogP contribution is 2.27. The predicted molar refractivity (Wildman–Crippen MR) is 56.2 cm³/mol. The highest BCUT2D eigenvalue weighted by Gasteiger charge is 2.11. The van der Waals surface area contributed by atoms with Crippen LogP contribution in [0.2, 0.25) is 5.02 Å². The van der Waals surface area contributed by atoms with Crippen LogP contribution in [0.5, 0.6) is 0 Å². The summed E-state index contributed by atoms with van der Waals surface area (Å²) < 4.78 is 0. The summed E-state index contributed by atoms with van der Waals surface area (Å²) in [7, 11) is 0. The summed E-state index contributed by atoms with van der Waals surface area (Å²) in [5, 5.41) is 10.5. The van der Waals surface area contributed by atoms with Crippen molar-refractivity contribution in [2.45, 2.75) is 33.3 Å². The van der Waals surface area contributed by atoms with E-state index in [-0.39, 0.29) is 6.10 Å². The van der Waals surface area contributed by atoms with Crippen molar-refractivity contribution in [3.8, 4) is 0 Å². The highest BCUT2D eigenvalue weighted by molar-refractivity contribution is 6.30. The Labute approximate surface area is 84.4 Å². The van der Waals surface area contributed by atoms with E-state index in [1.165, 1.54) is 0 Å². The summed E-state index contributed by atoms with van der Waals surface area (Å²) >= 11 is 5.89. The zero-order valence-electron chi connectivity index (χ0n) is 8.26. The second-order valence-electron chi connectivity index (χ2n) is 3.38. The Hall–Kier alpha value is -0.530. The van der Waals surface area contributed by atoms with Gasteiger partial charge in [0.1, 0.15) is 0 Å². The summed E-state index contributed by atoms with van der Waals surface area (Å²) in [5.74, 6) is 0. The Morgan fingerprint density at radius 1 is 1.31 bits per heavy atom. The van der Waals surface area contributed by atoms with Crippen molar-refractivity contribution in [2.75, 3.05) is 0 Å². The van der Waals surface area contributed by atoms with Gasteiger partial charge in [0.05, 0.1) is 6.10 Å². The molecule has 1 unspecified atom stereocenters. The number of aryl methyl sites for hydroxylation is 2. The first-order valence-corrected chi connectivity index (χ1v) is 4.88. The molecule has 0 radical (unpaired) electrons. The number of halogens is 1. The van der Waals surface area contributed by atoms with E-state index in [1.807, 2.05) is 32.9 Å². The molecule has 1 atom stereocenters. The maximum atomic E-state index is 9.74. The van der Waals surface area contributed by atoms with Crippen LogP contribution in [0.3, 0.4) is 0 Å². The van der Waals surface area contributed by atoms with Gasteiger partial charge in [-0.25, -0.2) is 0 Å². The van der Waals surface area contributed by atoms with Crippen LogP contribution in [-0.4, -0.2) is 5.11 Å². The van der Waals surface area contributed by atoms with Gasteiger partial charge in [0.25, 0.3) is 0 Å². The molecule has 0 saturated heterocycles. The minimum Gasteiger partial charge on any atom is -0.388 e. The first-order chi connectivity index (χ1) is 6.06. The van der Waals surface area contributed by atoms with Crippen molar-refractivity contribution in [1.82, 2.24) is 0 Å². The van der Waals surface area contributed by atoms with Crippen LogP contribution in [-0.2, 0) is 0 Å². The minimum atomic E-state index is -0.364. The molecule has 0 fully saturated rings. The van der Waals surface area contributed by atoms with E-state index >= 15 is 0 Å². The molecular formula is C11H15ClO. The van der Waals surface area contributed by atoms with Crippen molar-refractivity contribution >= 4 is 11.6 Å². The Kier molecular flexibility index (Phi) is 3.34. The molecular weight excluding hydrogens is 184 g/mol. The van der Waals surface area contributed by atoms with Crippen molar-refractivity contribution in [1.29, 1.82) is 0 Å². The molecule has 0 aliphatic rings. The van der Waals surface area contributed by atoms with Crippen LogP contribution in [0, 0.1) is 13.8 Å². The molecule has 2 heteroatoms. The average molecular weight is 199 g/mol. The zero-order valence-corrected chi connectivity index (χ0v) is 9.02. The van der Waals surface area contributed by atoms with E-state index in [4.69, 9.17) is 11.6 Å². The fourth-order valence-electron chi connectivity index (χ4n) is 1.65. The number of benzene rings is 1. The number of hydrogen-bond acceptors (Lipinski definition) is 1. The predicted octanol–water partition coefficient (Wildman–Crippen LogP) is 3.40. The number of rotatable bonds is 2. The number of hydrogen-bond donors (Lipinski definition) is 1. The molecule has 1 N–H and O–H groups in total. The van der Waals surface area contributed by atoms with Crippen LogP contribution in [0.25, 0.3) is 0 Å². The molecule has 0 aliphatic carbocycles. The summed E-state index contributed by atoms with van der Waals surface area (Å²) in [6, 6.07) is 3.78. The van der Waals surface area contributed by atoms with Gasteiger partial charge in [0.2, 0.25) is 0 Å². The Morgan fingerprint density at radius 2 is 1.77 bits per heavy atom. The summed E-state index contributed by atoms with van der Waals surface area (Å²) in [5.41, 5.74) is 3.16. The van der Waals surface area contributed by atoms with E-state index in [1.54, 1.807) is 0 Å². The van der Waals surface area contributed by atoms with Gasteiger partial charge in [0, 0.05) is 5.02 Å². The smallest absolute Gasteiger partial charge is 0.0792 e. The summed E-state index contributed by atoms with van der Waals surface area (Å²) in [6.45, 7) is 5.93. The molecule has 1 nitrogen and oxygen atoms in total. The van der Waals surface area contributed by atoms with Gasteiger partial charge in [-0.1, -0.05) is 18.5 Å². The van der Waals surface area contributed by atoms with Gasteiger partial charge in [-0.15, -0.1) is 0 Å². The van der Waals surface area contributed by atoms with E-state index in [0.29, 0.717) is 0 Å². The topological polar surface area (TPSA) is 20.2 Å². The van der Waals surface area contributed by atoms with E-state index < -0.39 is 0 Å². The molecule has 13 heavy (non-hydrogen) atoms. The van der Waals surface area contributed by atoms with Crippen molar-refractivity contribution in [3.63, 3.8) is 0 Å². The Balaban J connectivity index is 3.20. The van der Waals surface area contributed by atoms with Crippen LogP contribution >= 0.6 is 11.6 Å². The van der Waals surface area contributed by atoms with Gasteiger partial charge in [-0.3, -0.25) is 0 Å². The van der Waals surface area contributed by atoms with E-state index in [0.717, 1.165) is 28.1 Å². The third-order valence-electron chi connectivity index (χ3n) is 2.28. The third kappa shape index (κ3) is 2.23. The number of aliphatic hydroxyl groups is 1. The lowest BCUT2D eigenvalue weighted by atomic mass is 9.97. The van der Waals surface area contributed by atoms with E-state index in [9.17, 15) is 5.11 Å². The SMILES string of the molecule is CCC(O)c1c(C)cc(Cl)cc1C. The van der Waals surface area contributed by atoms with Gasteiger partial charge >= 0.3 is 0 Å². The molecule has 0 aromatic heterocycles. The quantitative estimate of drug-likeness (QED) is 0.773.